The monoisotopic (exact) mass is 916 g/mol. The number of hydrazone groups is 1. The Morgan fingerprint density at radius 3 is 2.24 bits per heavy atom. The van der Waals surface area contributed by atoms with E-state index >= 15 is 0 Å². The average molecular weight is 917 g/mol. The van der Waals surface area contributed by atoms with E-state index in [-0.39, 0.29) is 27.7 Å². The number of amides is 2. The molecule has 346 valence electrons. The topological polar surface area (TPSA) is 225 Å². The van der Waals surface area contributed by atoms with Crippen LogP contribution in [0.15, 0.2) is 125 Å². The minimum absolute atomic E-state index is 0.0428. The molecule has 0 aliphatic heterocycles. The fourth-order valence-electron chi connectivity index (χ4n) is 6.98. The molecule has 3 aromatic heterocycles. The van der Waals surface area contributed by atoms with Crippen LogP contribution in [0.3, 0.4) is 0 Å². The molecule has 18 heteroatoms. The Hall–Kier alpha value is -6.89. The molecule has 3 heterocycles. The van der Waals surface area contributed by atoms with E-state index in [1.807, 2.05) is 42.5 Å². The highest BCUT2D eigenvalue weighted by Gasteiger charge is 2.27. The number of rotatable bonds is 26. The van der Waals surface area contributed by atoms with Crippen LogP contribution >= 0.6 is 0 Å². The second-order valence-corrected chi connectivity index (χ2v) is 17.5. The lowest BCUT2D eigenvalue weighted by atomic mass is 9.86. The highest BCUT2D eigenvalue weighted by atomic mass is 32.2. The van der Waals surface area contributed by atoms with Gasteiger partial charge in [-0.25, -0.2) is 14.6 Å². The van der Waals surface area contributed by atoms with Crippen LogP contribution in [0.2, 0.25) is 0 Å². The number of anilines is 1. The number of nitrogens with one attached hydrogen (secondary N) is 3. The maximum atomic E-state index is 12.5. The number of aryl methyl sites for hydroxylation is 1. The number of hydrogen-bond acceptors (Lipinski definition) is 13. The van der Waals surface area contributed by atoms with E-state index in [2.05, 4.69) is 85.8 Å². The largest absolute Gasteiger partial charge is 0.478 e. The van der Waals surface area contributed by atoms with E-state index in [4.69, 9.17) is 14.5 Å². The maximum Gasteiger partial charge on any atom is 0.295 e. The molecule has 4 N–H and O–H groups in total. The molecule has 0 unspecified atom stereocenters. The lowest BCUT2D eigenvalue weighted by Crippen LogP contribution is -2.27. The molecular weight excluding hydrogens is 861 g/mol. The molecule has 6 aromatic rings. The lowest BCUT2D eigenvalue weighted by molar-refractivity contribution is -0.121. The number of carbonyl (C=O) groups excluding carboxylic acids is 2. The molecule has 3 aromatic carbocycles. The number of unbranched alkanes of at least 4 members (excludes halogenated alkanes) is 1. The third kappa shape index (κ3) is 15.1. The summed E-state index contributed by atoms with van der Waals surface area (Å²) in [5, 5.41) is 22.3. The van der Waals surface area contributed by atoms with E-state index in [0.717, 1.165) is 47.5 Å². The summed E-state index contributed by atoms with van der Waals surface area (Å²) in [6, 6.07) is 33.4. The fraction of sp³-hybridized carbons (Fsp3) is 0.333. The van der Waals surface area contributed by atoms with Crippen LogP contribution < -0.4 is 20.8 Å². The highest BCUT2D eigenvalue weighted by molar-refractivity contribution is 7.86. The average Bonchev–Trinajstić information content (AvgIpc) is 3.81. The third-order valence-electron chi connectivity index (χ3n) is 10.5. The molecule has 6 rings (SSSR count). The Balaban J connectivity index is 0.804. The van der Waals surface area contributed by atoms with Gasteiger partial charge in [-0.3, -0.25) is 19.6 Å². The number of pyridine rings is 2. The quantitative estimate of drug-likeness (QED) is 0.0184. The van der Waals surface area contributed by atoms with Crippen LogP contribution in [-0.4, -0.2) is 94.1 Å². The number of hydrogen-bond donors (Lipinski definition) is 4. The van der Waals surface area contributed by atoms with Gasteiger partial charge in [0.2, 0.25) is 11.8 Å². The summed E-state index contributed by atoms with van der Waals surface area (Å²) in [6.07, 6.45) is 7.44. The summed E-state index contributed by atoms with van der Waals surface area (Å²) in [7, 11) is -4.40. The molecule has 0 bridgehead atoms. The zero-order valence-electron chi connectivity index (χ0n) is 37.2. The minimum Gasteiger partial charge on any atom is -0.478 e. The molecule has 0 spiro atoms. The Labute approximate surface area is 385 Å². The second-order valence-electron chi connectivity index (χ2n) is 16.1. The first-order valence-corrected chi connectivity index (χ1v) is 23.4. The van der Waals surface area contributed by atoms with E-state index in [0.29, 0.717) is 82.4 Å². The van der Waals surface area contributed by atoms with Gasteiger partial charge in [0, 0.05) is 68.1 Å². The zero-order valence-corrected chi connectivity index (χ0v) is 38.0. The second kappa shape index (κ2) is 24.4. The van der Waals surface area contributed by atoms with Crippen LogP contribution in [0.4, 0.5) is 5.82 Å². The number of ether oxygens (including phenoxy) is 2. The molecule has 0 saturated carbocycles. The number of carbonyl (C=O) groups is 2. The maximum absolute atomic E-state index is 12.5. The Kier molecular flexibility index (Phi) is 18.0. The smallest absolute Gasteiger partial charge is 0.295 e. The van der Waals surface area contributed by atoms with Gasteiger partial charge in [0.1, 0.15) is 10.7 Å². The van der Waals surface area contributed by atoms with E-state index in [1.165, 1.54) is 30.6 Å². The van der Waals surface area contributed by atoms with Gasteiger partial charge in [0.05, 0.1) is 24.1 Å². The van der Waals surface area contributed by atoms with Crippen molar-refractivity contribution in [2.75, 3.05) is 38.3 Å². The first kappa shape index (κ1) is 48.6. The van der Waals surface area contributed by atoms with Crippen LogP contribution in [0.5, 0.6) is 5.88 Å². The highest BCUT2D eigenvalue weighted by Crippen LogP contribution is 2.30. The summed E-state index contributed by atoms with van der Waals surface area (Å²) >= 11 is 0. The normalized spacial score (nSPS) is 11.7. The van der Waals surface area contributed by atoms with Gasteiger partial charge in [0.15, 0.2) is 5.82 Å². The van der Waals surface area contributed by atoms with Crippen molar-refractivity contribution in [1.29, 1.82) is 0 Å². The standard InChI is InChI=1S/C48H56N10O7S/c1-48(2,25-11-12-31-65-45-33-40(36-16-5-3-6-17-36)32-41(53-45)37-18-7-4-8-19-37)47-55-56-57-58(47)28-13-22-44(59)49-26-14-29-64-30-15-27-50-46(60)39-23-24-43(51-34-39)54-52-35-38-20-9-10-21-42(38)66(61,62)63/h3-10,16-21,23-24,32-35H,11-15,22,25-31H2,1-2H3,(H,49,59)(H,50,60)(H,51,54)(H,61,62,63)/b52-35+. The summed E-state index contributed by atoms with van der Waals surface area (Å²) in [5.74, 6) is 1.38. The predicted molar refractivity (Wildman–Crippen MR) is 252 cm³/mol. The van der Waals surface area contributed by atoms with Crippen LogP contribution in [0.25, 0.3) is 22.4 Å². The van der Waals surface area contributed by atoms with Gasteiger partial charge in [-0.05, 0) is 84.3 Å². The first-order chi connectivity index (χ1) is 32.0. The van der Waals surface area contributed by atoms with Gasteiger partial charge in [0.25, 0.3) is 16.0 Å². The third-order valence-corrected chi connectivity index (χ3v) is 11.4. The minimum atomic E-state index is -4.40. The van der Waals surface area contributed by atoms with Crippen molar-refractivity contribution in [3.8, 4) is 28.3 Å². The molecule has 0 radical (unpaired) electrons. The number of nitrogens with zero attached hydrogens (tertiary/aromatic N) is 7. The first-order valence-electron chi connectivity index (χ1n) is 21.9. The lowest BCUT2D eigenvalue weighted by Gasteiger charge is -2.23. The number of tetrazole rings is 1. The molecule has 0 fully saturated rings. The fourth-order valence-corrected chi connectivity index (χ4v) is 7.64. The van der Waals surface area contributed by atoms with Gasteiger partial charge in [-0.15, -0.1) is 5.10 Å². The van der Waals surface area contributed by atoms with Gasteiger partial charge < -0.3 is 20.1 Å². The van der Waals surface area contributed by atoms with Crippen molar-refractivity contribution in [3.05, 3.63) is 132 Å². The van der Waals surface area contributed by atoms with Crippen LogP contribution in [0.1, 0.15) is 80.5 Å². The Morgan fingerprint density at radius 2 is 1.52 bits per heavy atom. The van der Waals surface area contributed by atoms with Crippen molar-refractivity contribution in [1.82, 2.24) is 40.8 Å². The number of aromatic nitrogens is 6. The van der Waals surface area contributed by atoms with Gasteiger partial charge >= 0.3 is 0 Å². The molecular formula is C48H56N10O7S. The van der Waals surface area contributed by atoms with Crippen molar-refractivity contribution >= 4 is 34.0 Å². The summed E-state index contributed by atoms with van der Waals surface area (Å²) in [6.45, 7) is 7.15. The number of benzene rings is 3. The van der Waals surface area contributed by atoms with E-state index in [1.54, 1.807) is 22.9 Å². The molecule has 0 aliphatic rings. The van der Waals surface area contributed by atoms with Gasteiger partial charge in [-0.2, -0.15) is 13.5 Å². The summed E-state index contributed by atoms with van der Waals surface area (Å²) < 4.78 is 46.1. The van der Waals surface area contributed by atoms with E-state index in [9.17, 15) is 22.6 Å². The molecule has 2 amide bonds. The van der Waals surface area contributed by atoms with Crippen LogP contribution in [-0.2, 0) is 31.6 Å². The van der Waals surface area contributed by atoms with Crippen molar-refractivity contribution in [3.63, 3.8) is 0 Å². The van der Waals surface area contributed by atoms with Crippen molar-refractivity contribution in [2.24, 2.45) is 5.10 Å². The van der Waals surface area contributed by atoms with Crippen molar-refractivity contribution in [2.45, 2.75) is 75.6 Å². The molecule has 0 saturated heterocycles. The SMILES string of the molecule is CC(C)(CCCCOc1cc(-c2ccccc2)cc(-c2ccccc2)n1)c1nnnn1CCCC(=O)NCCCOCCCNC(=O)c1ccc(N/N=C/c2ccccc2S(=O)(=O)O)nc1. The summed E-state index contributed by atoms with van der Waals surface area (Å²) in [4.78, 5) is 33.8. The Morgan fingerprint density at radius 1 is 0.803 bits per heavy atom. The predicted octanol–water partition coefficient (Wildman–Crippen LogP) is 7.14. The summed E-state index contributed by atoms with van der Waals surface area (Å²) in [5.41, 5.74) is 6.99. The van der Waals surface area contributed by atoms with E-state index < -0.39 is 10.1 Å². The van der Waals surface area contributed by atoms with Gasteiger partial charge in [-0.1, -0.05) is 92.7 Å². The Bertz CT molecular complexity index is 2550. The van der Waals surface area contributed by atoms with Crippen LogP contribution in [0, 0.1) is 0 Å². The van der Waals surface area contributed by atoms with Crippen molar-refractivity contribution < 1.29 is 32.0 Å². The molecule has 66 heavy (non-hydrogen) atoms. The molecule has 17 nitrogen and oxygen atoms in total. The zero-order chi connectivity index (χ0) is 46.6. The molecule has 0 atom stereocenters. The molecule has 0 aliphatic carbocycles.